The molecule has 1 heterocycles. The first-order valence-electron chi connectivity index (χ1n) is 8.55. The zero-order valence-electron chi connectivity index (χ0n) is 15.3. The minimum Gasteiger partial charge on any atom is -0.334 e. The highest BCUT2D eigenvalue weighted by Crippen LogP contribution is 2.27. The van der Waals surface area contributed by atoms with Crippen LogP contribution in [0.3, 0.4) is 0 Å². The van der Waals surface area contributed by atoms with Crippen LogP contribution < -0.4 is 4.72 Å². The van der Waals surface area contributed by atoms with Gasteiger partial charge in [-0.25, -0.2) is 0 Å². The Hall–Kier alpha value is -2.55. The van der Waals surface area contributed by atoms with Crippen molar-refractivity contribution in [2.24, 2.45) is 0 Å². The number of halogens is 3. The van der Waals surface area contributed by atoms with Crippen LogP contribution in [0.5, 0.6) is 0 Å². The Kier molecular flexibility index (Phi) is 5.14. The highest BCUT2D eigenvalue weighted by molar-refractivity contribution is 7.93. The van der Waals surface area contributed by atoms with Crippen molar-refractivity contribution in [1.29, 1.82) is 0 Å². The first-order valence-corrected chi connectivity index (χ1v) is 10.0. The number of benzene rings is 2. The molecule has 9 heteroatoms. The molecular weight excluding hydrogens is 393 g/mol. The lowest BCUT2D eigenvalue weighted by molar-refractivity contribution is -0.0429. The van der Waals surface area contributed by atoms with E-state index in [4.69, 9.17) is 0 Å². The van der Waals surface area contributed by atoms with Gasteiger partial charge in [0.15, 0.2) is 0 Å². The number of anilines is 1. The van der Waals surface area contributed by atoms with Crippen molar-refractivity contribution >= 4 is 21.6 Å². The van der Waals surface area contributed by atoms with Gasteiger partial charge in [0, 0.05) is 24.3 Å². The third-order valence-corrected chi connectivity index (χ3v) is 5.71. The third-order valence-electron chi connectivity index (χ3n) is 4.60. The van der Waals surface area contributed by atoms with Crippen molar-refractivity contribution in [3.63, 3.8) is 0 Å². The van der Waals surface area contributed by atoms with Crippen molar-refractivity contribution in [2.45, 2.75) is 32.3 Å². The summed E-state index contributed by atoms with van der Waals surface area (Å²) in [6.07, 6.45) is 0.729. The summed E-state index contributed by atoms with van der Waals surface area (Å²) in [5, 5.41) is 0. The predicted molar refractivity (Wildman–Crippen MR) is 99.4 cm³/mol. The number of rotatable bonds is 4. The molecule has 1 aliphatic rings. The van der Waals surface area contributed by atoms with Crippen LogP contribution in [-0.2, 0) is 23.0 Å². The fraction of sp³-hybridized carbons (Fsp3) is 0.316. The molecule has 1 aliphatic heterocycles. The van der Waals surface area contributed by atoms with Crippen molar-refractivity contribution in [2.75, 3.05) is 11.3 Å². The molecule has 0 saturated carbocycles. The third kappa shape index (κ3) is 3.99. The number of nitrogens with zero attached hydrogens (tertiary/aromatic N) is 1. The molecule has 0 aliphatic carbocycles. The number of sulfonamides is 1. The highest BCUT2D eigenvalue weighted by Gasteiger charge is 2.46. The lowest BCUT2D eigenvalue weighted by Gasteiger charge is -2.30. The standard InChI is InChI=1S/C19H19F3N2O3S/c1-12-9-13(2)17-15(10-12)7-8-24(18(17)25)11-14-3-5-16(6-4-14)23-28(26,27)19(20,21)22/h3-6,9-10,23H,7-8,11H2,1-2H3. The molecule has 2 aromatic carbocycles. The van der Waals surface area contributed by atoms with Gasteiger partial charge in [-0.15, -0.1) is 0 Å². The number of carbonyl (C=O) groups is 1. The van der Waals surface area contributed by atoms with E-state index in [9.17, 15) is 26.4 Å². The summed E-state index contributed by atoms with van der Waals surface area (Å²) in [5.74, 6) is -0.0828. The molecule has 150 valence electrons. The van der Waals surface area contributed by atoms with Gasteiger partial charge >= 0.3 is 15.5 Å². The van der Waals surface area contributed by atoms with E-state index in [0.717, 1.165) is 23.1 Å². The van der Waals surface area contributed by atoms with Crippen LogP contribution in [-0.4, -0.2) is 31.3 Å². The number of fused-ring (bicyclic) bond motifs is 1. The lowest BCUT2D eigenvalue weighted by Crippen LogP contribution is -2.37. The molecule has 0 bridgehead atoms. The molecule has 0 radical (unpaired) electrons. The first-order chi connectivity index (χ1) is 13.0. The number of hydrogen-bond donors (Lipinski definition) is 1. The monoisotopic (exact) mass is 412 g/mol. The van der Waals surface area contributed by atoms with Crippen LogP contribution in [0.1, 0.15) is 32.6 Å². The summed E-state index contributed by atoms with van der Waals surface area (Å²) in [6.45, 7) is 4.71. The number of hydrogen-bond acceptors (Lipinski definition) is 3. The zero-order valence-corrected chi connectivity index (χ0v) is 16.1. The van der Waals surface area contributed by atoms with Crippen LogP contribution in [0.4, 0.5) is 18.9 Å². The molecule has 0 spiro atoms. The van der Waals surface area contributed by atoms with E-state index >= 15 is 0 Å². The summed E-state index contributed by atoms with van der Waals surface area (Å²) >= 11 is 0. The average Bonchev–Trinajstić information content (AvgIpc) is 2.57. The van der Waals surface area contributed by atoms with Gasteiger partial charge in [0.25, 0.3) is 5.91 Å². The Labute approximate surface area is 161 Å². The molecular formula is C19H19F3N2O3S. The van der Waals surface area contributed by atoms with Crippen molar-refractivity contribution in [3.8, 4) is 0 Å². The number of amides is 1. The highest BCUT2D eigenvalue weighted by atomic mass is 32.2. The lowest BCUT2D eigenvalue weighted by atomic mass is 9.92. The average molecular weight is 412 g/mol. The fourth-order valence-corrected chi connectivity index (χ4v) is 3.90. The van der Waals surface area contributed by atoms with Crippen LogP contribution in [0, 0.1) is 13.8 Å². The van der Waals surface area contributed by atoms with E-state index in [1.54, 1.807) is 4.90 Å². The number of aryl methyl sites for hydroxylation is 2. The summed E-state index contributed by atoms with van der Waals surface area (Å²) in [6, 6.07) is 9.46. The van der Waals surface area contributed by atoms with Crippen LogP contribution >= 0.6 is 0 Å². The Morgan fingerprint density at radius 2 is 1.75 bits per heavy atom. The Bertz CT molecular complexity index is 1020. The quantitative estimate of drug-likeness (QED) is 0.832. The van der Waals surface area contributed by atoms with Gasteiger partial charge in [-0.1, -0.05) is 29.8 Å². The van der Waals surface area contributed by atoms with E-state index < -0.39 is 15.5 Å². The van der Waals surface area contributed by atoms with Gasteiger partial charge in [-0.2, -0.15) is 21.6 Å². The second-order valence-electron chi connectivity index (χ2n) is 6.84. The number of alkyl halides is 3. The van der Waals surface area contributed by atoms with E-state index in [1.165, 1.54) is 29.0 Å². The molecule has 1 amide bonds. The van der Waals surface area contributed by atoms with Crippen LogP contribution in [0.25, 0.3) is 0 Å². The molecule has 0 unspecified atom stereocenters. The molecule has 0 atom stereocenters. The molecule has 0 saturated heterocycles. The molecule has 28 heavy (non-hydrogen) atoms. The SMILES string of the molecule is Cc1cc(C)c2c(c1)CCN(Cc1ccc(NS(=O)(=O)C(F)(F)F)cc1)C2=O. The van der Waals surface area contributed by atoms with Gasteiger partial charge in [0.1, 0.15) is 0 Å². The number of nitrogens with one attached hydrogen (secondary N) is 1. The molecule has 0 fully saturated rings. The van der Waals surface area contributed by atoms with Gasteiger partial charge in [0.05, 0.1) is 0 Å². The Morgan fingerprint density at radius 1 is 1.11 bits per heavy atom. The van der Waals surface area contributed by atoms with E-state index in [2.05, 4.69) is 0 Å². The predicted octanol–water partition coefficient (Wildman–Crippen LogP) is 3.76. The maximum absolute atomic E-state index is 12.8. The van der Waals surface area contributed by atoms with Gasteiger partial charge < -0.3 is 4.90 Å². The summed E-state index contributed by atoms with van der Waals surface area (Å²) in [5.41, 5.74) is -1.13. The second-order valence-corrected chi connectivity index (χ2v) is 8.51. The Balaban J connectivity index is 1.74. The molecule has 2 aromatic rings. The number of carbonyl (C=O) groups excluding carboxylic acids is 1. The van der Waals surface area contributed by atoms with E-state index in [0.29, 0.717) is 17.7 Å². The largest absolute Gasteiger partial charge is 0.516 e. The first kappa shape index (κ1) is 20.2. The summed E-state index contributed by atoms with van der Waals surface area (Å²) < 4.78 is 61.1. The van der Waals surface area contributed by atoms with Gasteiger partial charge in [0.2, 0.25) is 0 Å². The minimum absolute atomic E-state index is 0.0828. The topological polar surface area (TPSA) is 66.5 Å². The van der Waals surface area contributed by atoms with E-state index in [1.807, 2.05) is 26.0 Å². The maximum atomic E-state index is 12.8. The maximum Gasteiger partial charge on any atom is 0.516 e. The van der Waals surface area contributed by atoms with Crippen LogP contribution in [0.15, 0.2) is 36.4 Å². The fourth-order valence-electron chi connectivity index (χ4n) is 3.34. The van der Waals surface area contributed by atoms with E-state index in [-0.39, 0.29) is 18.1 Å². The van der Waals surface area contributed by atoms with Gasteiger partial charge in [-0.3, -0.25) is 9.52 Å². The zero-order chi connectivity index (χ0) is 20.7. The minimum atomic E-state index is -5.46. The summed E-state index contributed by atoms with van der Waals surface area (Å²) in [7, 11) is -5.46. The molecule has 1 N–H and O–H groups in total. The van der Waals surface area contributed by atoms with Crippen LogP contribution in [0.2, 0.25) is 0 Å². The second kappa shape index (κ2) is 7.12. The Morgan fingerprint density at radius 3 is 2.36 bits per heavy atom. The molecule has 5 nitrogen and oxygen atoms in total. The van der Waals surface area contributed by atoms with Gasteiger partial charge in [-0.05, 0) is 49.1 Å². The summed E-state index contributed by atoms with van der Waals surface area (Å²) in [4.78, 5) is 14.5. The smallest absolute Gasteiger partial charge is 0.334 e. The molecule has 0 aromatic heterocycles. The van der Waals surface area contributed by atoms with Crippen molar-refractivity contribution in [1.82, 2.24) is 4.90 Å². The normalized spacial score (nSPS) is 14.8. The van der Waals surface area contributed by atoms with Crippen molar-refractivity contribution in [3.05, 3.63) is 64.2 Å². The van der Waals surface area contributed by atoms with Crippen molar-refractivity contribution < 1.29 is 26.4 Å². The molecule has 3 rings (SSSR count).